The number of anilines is 2. The van der Waals surface area contributed by atoms with Gasteiger partial charge in [-0.05, 0) is 41.2 Å². The summed E-state index contributed by atoms with van der Waals surface area (Å²) >= 11 is 2.14. The fourth-order valence-electron chi connectivity index (χ4n) is 2.48. The van der Waals surface area contributed by atoms with Crippen molar-refractivity contribution in [3.05, 3.63) is 47.1 Å². The Balaban J connectivity index is 1.82. The topological polar surface area (TPSA) is 54.5 Å². The molecule has 0 bridgehead atoms. The van der Waals surface area contributed by atoms with Crippen molar-refractivity contribution in [1.82, 2.24) is 9.88 Å². The van der Waals surface area contributed by atoms with E-state index in [0.717, 1.165) is 47.1 Å². The first-order valence-electron chi connectivity index (χ1n) is 7.46. The van der Waals surface area contributed by atoms with Crippen LogP contribution in [0.15, 0.2) is 52.0 Å². The second-order valence-electron chi connectivity index (χ2n) is 5.50. The maximum Gasteiger partial charge on any atom is 0.179 e. The van der Waals surface area contributed by atoms with Gasteiger partial charge in [0.15, 0.2) is 10.7 Å². The van der Waals surface area contributed by atoms with Gasteiger partial charge in [0, 0.05) is 36.8 Å². The van der Waals surface area contributed by atoms with Crippen LogP contribution in [0.5, 0.6) is 0 Å². The Morgan fingerprint density at radius 3 is 2.57 bits per heavy atom. The summed E-state index contributed by atoms with van der Waals surface area (Å²) < 4.78 is 16.5. The smallest absolute Gasteiger partial charge is 0.179 e. The van der Waals surface area contributed by atoms with E-state index in [9.17, 15) is 4.55 Å². The number of benzene rings is 1. The van der Waals surface area contributed by atoms with E-state index in [0.29, 0.717) is 0 Å². The maximum absolute atomic E-state index is 12.5. The summed E-state index contributed by atoms with van der Waals surface area (Å²) in [6.45, 7) is 3.83. The van der Waals surface area contributed by atoms with E-state index < -0.39 is 11.4 Å². The number of nitrogens with one attached hydrogen (secondary N) is 1. The van der Waals surface area contributed by atoms with Crippen LogP contribution in [0.4, 0.5) is 11.5 Å². The van der Waals surface area contributed by atoms with Gasteiger partial charge in [-0.3, -0.25) is 0 Å². The quantitative estimate of drug-likeness (QED) is 0.807. The molecule has 5 nitrogen and oxygen atoms in total. The van der Waals surface area contributed by atoms with Crippen LogP contribution in [0.1, 0.15) is 0 Å². The van der Waals surface area contributed by atoms with Crippen LogP contribution < -0.4 is 9.62 Å². The summed E-state index contributed by atoms with van der Waals surface area (Å²) in [7, 11) is 2.12. The van der Waals surface area contributed by atoms with Crippen LogP contribution in [0.25, 0.3) is 0 Å². The number of hydrogen-bond donors (Lipinski definition) is 1. The van der Waals surface area contributed by atoms with Gasteiger partial charge in [-0.25, -0.2) is 4.98 Å². The molecule has 1 aromatic heterocycles. The Morgan fingerprint density at radius 1 is 1.17 bits per heavy atom. The van der Waals surface area contributed by atoms with Crippen molar-refractivity contribution in [2.45, 2.75) is 4.90 Å². The minimum Gasteiger partial charge on any atom is -0.588 e. The van der Waals surface area contributed by atoms with Crippen molar-refractivity contribution in [2.24, 2.45) is 0 Å². The van der Waals surface area contributed by atoms with Crippen LogP contribution in [0.2, 0.25) is 0 Å². The molecule has 0 aliphatic carbocycles. The number of hydrogen-bond acceptors (Lipinski definition) is 5. The standard InChI is InChI=1S/C16H19BrN4OS/c1-20-7-9-21(10-8-20)16-15(11-13(17)12-18-16)19-23(22)14-5-3-2-4-6-14/h2-6,11-12,19H,7-10H2,1H3. The molecule has 1 aliphatic rings. The van der Waals surface area contributed by atoms with E-state index in [4.69, 9.17) is 0 Å². The molecule has 0 amide bonds. The largest absolute Gasteiger partial charge is 0.588 e. The second-order valence-corrected chi connectivity index (χ2v) is 7.63. The first-order valence-corrected chi connectivity index (χ1v) is 9.40. The first-order chi connectivity index (χ1) is 11.1. The van der Waals surface area contributed by atoms with E-state index in [1.54, 1.807) is 6.20 Å². The van der Waals surface area contributed by atoms with Gasteiger partial charge in [0.05, 0.1) is 0 Å². The zero-order chi connectivity index (χ0) is 16.2. The van der Waals surface area contributed by atoms with Crippen molar-refractivity contribution in [3.63, 3.8) is 0 Å². The lowest BCUT2D eigenvalue weighted by atomic mass is 10.3. The lowest BCUT2D eigenvalue weighted by Crippen LogP contribution is -2.45. The fourth-order valence-corrected chi connectivity index (χ4v) is 3.68. The zero-order valence-electron chi connectivity index (χ0n) is 12.9. The Hall–Kier alpha value is -1.28. The Morgan fingerprint density at radius 2 is 1.87 bits per heavy atom. The van der Waals surface area contributed by atoms with E-state index in [2.05, 4.69) is 42.5 Å². The number of piperazine rings is 1. The molecule has 1 aliphatic heterocycles. The molecule has 1 atom stereocenters. The predicted octanol–water partition coefficient (Wildman–Crippen LogP) is 2.73. The molecule has 0 saturated carbocycles. The number of halogens is 1. The molecule has 3 rings (SSSR count). The van der Waals surface area contributed by atoms with Gasteiger partial charge in [-0.2, -0.15) is 4.72 Å². The molecule has 1 aromatic carbocycles. The highest BCUT2D eigenvalue weighted by Crippen LogP contribution is 2.29. The van der Waals surface area contributed by atoms with Crippen molar-refractivity contribution < 1.29 is 4.55 Å². The van der Waals surface area contributed by atoms with Crippen molar-refractivity contribution in [3.8, 4) is 0 Å². The third-order valence-electron chi connectivity index (χ3n) is 3.80. The minimum atomic E-state index is -1.31. The van der Waals surface area contributed by atoms with Crippen LogP contribution in [0, 0.1) is 0 Å². The van der Waals surface area contributed by atoms with Crippen LogP contribution in [0.3, 0.4) is 0 Å². The molecule has 7 heteroatoms. The van der Waals surface area contributed by atoms with Gasteiger partial charge in [0.1, 0.15) is 17.0 Å². The van der Waals surface area contributed by atoms with E-state index in [-0.39, 0.29) is 0 Å². The molecular formula is C16H19BrN4OS. The molecule has 0 radical (unpaired) electrons. The fraction of sp³-hybridized carbons (Fsp3) is 0.312. The summed E-state index contributed by atoms with van der Waals surface area (Å²) in [5.41, 5.74) is 0.783. The highest BCUT2D eigenvalue weighted by Gasteiger charge is 2.21. The normalized spacial score (nSPS) is 17.1. The summed E-state index contributed by atoms with van der Waals surface area (Å²) in [5, 5.41) is 0. The summed E-state index contributed by atoms with van der Waals surface area (Å²) in [6, 6.07) is 11.3. The molecule has 23 heavy (non-hydrogen) atoms. The van der Waals surface area contributed by atoms with Gasteiger partial charge in [-0.1, -0.05) is 18.2 Å². The monoisotopic (exact) mass is 394 g/mol. The third kappa shape index (κ3) is 4.17. The first kappa shape index (κ1) is 16.6. The number of rotatable bonds is 4. The molecule has 0 spiro atoms. The number of nitrogens with zero attached hydrogens (tertiary/aromatic N) is 3. The van der Waals surface area contributed by atoms with Gasteiger partial charge in [-0.15, -0.1) is 0 Å². The average Bonchev–Trinajstić information content (AvgIpc) is 2.57. The summed E-state index contributed by atoms with van der Waals surface area (Å²) in [5.74, 6) is 0.852. The SMILES string of the molecule is CN1CCN(c2ncc(Br)cc2N[S+]([O-])c2ccccc2)CC1. The molecular weight excluding hydrogens is 376 g/mol. The van der Waals surface area contributed by atoms with Gasteiger partial charge in [0.2, 0.25) is 0 Å². The highest BCUT2D eigenvalue weighted by molar-refractivity contribution is 9.10. The van der Waals surface area contributed by atoms with Crippen LogP contribution >= 0.6 is 15.9 Å². The molecule has 2 heterocycles. The third-order valence-corrected chi connectivity index (χ3v) is 5.34. The van der Waals surface area contributed by atoms with Gasteiger partial charge >= 0.3 is 0 Å². The summed E-state index contributed by atoms with van der Waals surface area (Å²) in [4.78, 5) is 9.81. The Kier molecular flexibility index (Phi) is 5.42. The maximum atomic E-state index is 12.5. The zero-order valence-corrected chi connectivity index (χ0v) is 15.3. The number of aromatic nitrogens is 1. The lowest BCUT2D eigenvalue weighted by molar-refractivity contribution is 0.312. The van der Waals surface area contributed by atoms with Crippen molar-refractivity contribution in [2.75, 3.05) is 42.8 Å². The molecule has 2 aromatic rings. The van der Waals surface area contributed by atoms with Crippen molar-refractivity contribution >= 4 is 38.8 Å². The average molecular weight is 395 g/mol. The van der Waals surface area contributed by atoms with E-state index >= 15 is 0 Å². The van der Waals surface area contributed by atoms with E-state index in [1.807, 2.05) is 36.4 Å². The number of likely N-dealkylation sites (N-methyl/N-ethyl adjacent to an activating group) is 1. The predicted molar refractivity (Wildman–Crippen MR) is 98.1 cm³/mol. The highest BCUT2D eigenvalue weighted by atomic mass is 79.9. The van der Waals surface area contributed by atoms with E-state index in [1.165, 1.54) is 0 Å². The summed E-state index contributed by atoms with van der Waals surface area (Å²) in [6.07, 6.45) is 1.78. The molecule has 1 saturated heterocycles. The molecule has 1 N–H and O–H groups in total. The van der Waals surface area contributed by atoms with Gasteiger partial charge in [0.25, 0.3) is 0 Å². The van der Waals surface area contributed by atoms with Gasteiger partial charge < -0.3 is 14.4 Å². The molecule has 1 fully saturated rings. The molecule has 1 unspecified atom stereocenters. The molecule has 122 valence electrons. The lowest BCUT2D eigenvalue weighted by Gasteiger charge is -2.34. The van der Waals surface area contributed by atoms with Crippen LogP contribution in [-0.2, 0) is 11.4 Å². The Labute approximate surface area is 148 Å². The van der Waals surface area contributed by atoms with Crippen LogP contribution in [-0.4, -0.2) is 47.7 Å². The Bertz CT molecular complexity index is 650. The minimum absolute atomic E-state index is 0.747. The number of pyridine rings is 1. The second kappa shape index (κ2) is 7.53. The van der Waals surface area contributed by atoms with Crippen molar-refractivity contribution in [1.29, 1.82) is 0 Å².